The Bertz CT molecular complexity index is 602. The van der Waals surface area contributed by atoms with Crippen LogP contribution < -0.4 is 10.9 Å². The SMILES string of the molecule is Cc1noc(C)c1CSCC(=O)NNC(=O)c1ccco1. The molecule has 2 rings (SSSR count). The van der Waals surface area contributed by atoms with Crippen molar-refractivity contribution >= 4 is 23.6 Å². The minimum atomic E-state index is -0.496. The number of hydrogen-bond acceptors (Lipinski definition) is 6. The quantitative estimate of drug-likeness (QED) is 0.814. The predicted molar refractivity (Wildman–Crippen MR) is 76.5 cm³/mol. The van der Waals surface area contributed by atoms with Crippen LogP contribution in [0.5, 0.6) is 0 Å². The van der Waals surface area contributed by atoms with E-state index in [1.807, 2.05) is 13.8 Å². The van der Waals surface area contributed by atoms with Crippen LogP contribution in [-0.4, -0.2) is 22.7 Å². The van der Waals surface area contributed by atoms with E-state index in [-0.39, 0.29) is 17.4 Å². The van der Waals surface area contributed by atoms with E-state index in [4.69, 9.17) is 8.94 Å². The molecule has 8 heteroatoms. The van der Waals surface area contributed by atoms with Crippen LogP contribution in [0.4, 0.5) is 0 Å². The first-order chi connectivity index (χ1) is 10.1. The van der Waals surface area contributed by atoms with Crippen molar-refractivity contribution < 1.29 is 18.5 Å². The molecule has 0 unspecified atom stereocenters. The minimum Gasteiger partial charge on any atom is -0.459 e. The molecule has 7 nitrogen and oxygen atoms in total. The summed E-state index contributed by atoms with van der Waals surface area (Å²) in [5.41, 5.74) is 6.41. The first-order valence-electron chi connectivity index (χ1n) is 6.20. The van der Waals surface area contributed by atoms with Crippen molar-refractivity contribution in [1.82, 2.24) is 16.0 Å². The van der Waals surface area contributed by atoms with E-state index in [0.717, 1.165) is 17.0 Å². The number of nitrogens with one attached hydrogen (secondary N) is 2. The minimum absolute atomic E-state index is 0.138. The molecule has 0 saturated heterocycles. The van der Waals surface area contributed by atoms with E-state index in [0.29, 0.717) is 5.75 Å². The summed E-state index contributed by atoms with van der Waals surface area (Å²) in [4.78, 5) is 23.1. The lowest BCUT2D eigenvalue weighted by atomic mass is 10.2. The van der Waals surface area contributed by atoms with Crippen LogP contribution in [-0.2, 0) is 10.5 Å². The number of amides is 2. The van der Waals surface area contributed by atoms with Crippen molar-refractivity contribution in [2.24, 2.45) is 0 Å². The lowest BCUT2D eigenvalue weighted by molar-refractivity contribution is -0.119. The van der Waals surface area contributed by atoms with Gasteiger partial charge in [-0.1, -0.05) is 5.16 Å². The summed E-state index contributed by atoms with van der Waals surface area (Å²) < 4.78 is 9.94. The molecule has 0 atom stereocenters. The number of rotatable bonds is 5. The molecule has 2 aromatic rings. The van der Waals surface area contributed by atoms with E-state index < -0.39 is 5.91 Å². The van der Waals surface area contributed by atoms with Crippen molar-refractivity contribution in [3.05, 3.63) is 41.2 Å². The van der Waals surface area contributed by atoms with Gasteiger partial charge in [0.1, 0.15) is 5.76 Å². The molecule has 0 aliphatic carbocycles. The fourth-order valence-corrected chi connectivity index (χ4v) is 2.56. The maximum Gasteiger partial charge on any atom is 0.305 e. The molecule has 0 aromatic carbocycles. The van der Waals surface area contributed by atoms with E-state index in [9.17, 15) is 9.59 Å². The Morgan fingerprint density at radius 1 is 1.33 bits per heavy atom. The lowest BCUT2D eigenvalue weighted by Crippen LogP contribution is -2.42. The monoisotopic (exact) mass is 309 g/mol. The summed E-state index contributed by atoms with van der Waals surface area (Å²) in [5, 5.41) is 3.85. The van der Waals surface area contributed by atoms with Gasteiger partial charge >= 0.3 is 5.91 Å². The molecule has 2 N–H and O–H groups in total. The summed E-state index contributed by atoms with van der Waals surface area (Å²) in [6.07, 6.45) is 1.39. The first kappa shape index (κ1) is 15.2. The third-order valence-electron chi connectivity index (χ3n) is 2.72. The van der Waals surface area contributed by atoms with Gasteiger partial charge < -0.3 is 8.94 Å². The molecule has 0 radical (unpaired) electrons. The van der Waals surface area contributed by atoms with Crippen molar-refractivity contribution in [1.29, 1.82) is 0 Å². The zero-order valence-corrected chi connectivity index (χ0v) is 12.5. The zero-order chi connectivity index (χ0) is 15.2. The van der Waals surface area contributed by atoms with Gasteiger partial charge in [0.2, 0.25) is 5.91 Å². The highest BCUT2D eigenvalue weighted by Gasteiger charge is 2.12. The molecule has 0 bridgehead atoms. The normalized spacial score (nSPS) is 10.4. The molecule has 2 heterocycles. The standard InChI is InChI=1S/C13H15N3O4S/c1-8-10(9(2)20-16-8)6-21-7-12(17)14-15-13(18)11-4-3-5-19-11/h3-5H,6-7H2,1-2H3,(H,14,17)(H,15,18). The maximum absolute atomic E-state index is 11.6. The number of nitrogens with zero attached hydrogens (tertiary/aromatic N) is 1. The molecule has 0 spiro atoms. The number of aryl methyl sites for hydroxylation is 2. The molecule has 2 aromatic heterocycles. The number of hydrogen-bond donors (Lipinski definition) is 2. The van der Waals surface area contributed by atoms with Gasteiger partial charge in [-0.15, -0.1) is 11.8 Å². The largest absolute Gasteiger partial charge is 0.459 e. The highest BCUT2D eigenvalue weighted by Crippen LogP contribution is 2.19. The Labute approximate surface area is 125 Å². The number of hydrazine groups is 1. The van der Waals surface area contributed by atoms with E-state index in [1.54, 1.807) is 6.07 Å². The number of furan rings is 1. The number of thioether (sulfide) groups is 1. The maximum atomic E-state index is 11.6. The molecular weight excluding hydrogens is 294 g/mol. The summed E-state index contributed by atoms with van der Waals surface area (Å²) in [5.74, 6) is 0.935. The van der Waals surface area contributed by atoms with Gasteiger partial charge in [0.15, 0.2) is 5.76 Å². The smallest absolute Gasteiger partial charge is 0.305 e. The van der Waals surface area contributed by atoms with Crippen molar-refractivity contribution in [3.8, 4) is 0 Å². The Morgan fingerprint density at radius 2 is 2.14 bits per heavy atom. The number of carbonyl (C=O) groups excluding carboxylic acids is 2. The predicted octanol–water partition coefficient (Wildman–Crippen LogP) is 1.58. The Morgan fingerprint density at radius 3 is 2.76 bits per heavy atom. The van der Waals surface area contributed by atoms with Crippen molar-refractivity contribution in [3.63, 3.8) is 0 Å². The highest BCUT2D eigenvalue weighted by molar-refractivity contribution is 7.99. The molecule has 0 aliphatic rings. The number of aromatic nitrogens is 1. The van der Waals surface area contributed by atoms with Gasteiger partial charge in [-0.25, -0.2) is 0 Å². The van der Waals surface area contributed by atoms with Crippen LogP contribution in [0.25, 0.3) is 0 Å². The zero-order valence-electron chi connectivity index (χ0n) is 11.6. The molecule has 112 valence electrons. The second kappa shape index (κ2) is 6.98. The summed E-state index contributed by atoms with van der Waals surface area (Å²) in [7, 11) is 0. The molecule has 0 fully saturated rings. The second-order valence-corrected chi connectivity index (χ2v) is 5.26. The molecular formula is C13H15N3O4S. The third-order valence-corrected chi connectivity index (χ3v) is 3.68. The first-order valence-corrected chi connectivity index (χ1v) is 7.35. The van der Waals surface area contributed by atoms with E-state index in [1.165, 1.54) is 24.1 Å². The Kier molecular flexibility index (Phi) is 5.04. The van der Waals surface area contributed by atoms with Crippen molar-refractivity contribution in [2.45, 2.75) is 19.6 Å². The topological polar surface area (TPSA) is 97.4 Å². The molecule has 0 aliphatic heterocycles. The van der Waals surface area contributed by atoms with Gasteiger partial charge in [-0.3, -0.25) is 20.4 Å². The molecule has 2 amide bonds. The molecule has 0 saturated carbocycles. The Hall–Kier alpha value is -2.22. The summed E-state index contributed by atoms with van der Waals surface area (Å²) in [6.45, 7) is 3.69. The fourth-order valence-electron chi connectivity index (χ4n) is 1.59. The van der Waals surface area contributed by atoms with Gasteiger partial charge in [-0.05, 0) is 26.0 Å². The number of carbonyl (C=O) groups is 2. The van der Waals surface area contributed by atoms with Gasteiger partial charge in [0, 0.05) is 11.3 Å². The van der Waals surface area contributed by atoms with Gasteiger partial charge in [0.05, 0.1) is 17.7 Å². The van der Waals surface area contributed by atoms with Gasteiger partial charge in [-0.2, -0.15) is 0 Å². The second-order valence-electron chi connectivity index (χ2n) is 4.28. The highest BCUT2D eigenvalue weighted by atomic mass is 32.2. The van der Waals surface area contributed by atoms with Crippen LogP contribution in [0.1, 0.15) is 27.6 Å². The summed E-state index contributed by atoms with van der Waals surface area (Å²) >= 11 is 1.41. The summed E-state index contributed by atoms with van der Waals surface area (Å²) in [6, 6.07) is 3.10. The van der Waals surface area contributed by atoms with Crippen LogP contribution in [0, 0.1) is 13.8 Å². The van der Waals surface area contributed by atoms with Crippen LogP contribution >= 0.6 is 11.8 Å². The lowest BCUT2D eigenvalue weighted by Gasteiger charge is -2.05. The van der Waals surface area contributed by atoms with Crippen molar-refractivity contribution in [2.75, 3.05) is 5.75 Å². The third kappa shape index (κ3) is 4.12. The van der Waals surface area contributed by atoms with E-state index >= 15 is 0 Å². The Balaban J connectivity index is 1.69. The fraction of sp³-hybridized carbons (Fsp3) is 0.308. The molecule has 21 heavy (non-hydrogen) atoms. The van der Waals surface area contributed by atoms with Crippen LogP contribution in [0.3, 0.4) is 0 Å². The van der Waals surface area contributed by atoms with Crippen LogP contribution in [0.15, 0.2) is 27.3 Å². The average molecular weight is 309 g/mol. The van der Waals surface area contributed by atoms with E-state index in [2.05, 4.69) is 16.0 Å². The van der Waals surface area contributed by atoms with Gasteiger partial charge in [0.25, 0.3) is 0 Å². The van der Waals surface area contributed by atoms with Crippen LogP contribution in [0.2, 0.25) is 0 Å². The average Bonchev–Trinajstić information content (AvgIpc) is 3.09.